The van der Waals surface area contributed by atoms with Gasteiger partial charge in [-0.3, -0.25) is 9.63 Å². The van der Waals surface area contributed by atoms with E-state index in [4.69, 9.17) is 10.7 Å². The number of benzene rings is 1. The Labute approximate surface area is 99.1 Å². The average Bonchev–Trinajstić information content (AvgIpc) is 2.38. The summed E-state index contributed by atoms with van der Waals surface area (Å²) < 4.78 is 13.0. The van der Waals surface area contributed by atoms with Crippen molar-refractivity contribution in [2.24, 2.45) is 5.90 Å². The number of halogens is 1. The van der Waals surface area contributed by atoms with E-state index in [0.717, 1.165) is 12.8 Å². The average molecular weight is 238 g/mol. The molecule has 1 amide bonds. The van der Waals surface area contributed by atoms with Crippen LogP contribution in [0.5, 0.6) is 0 Å². The van der Waals surface area contributed by atoms with Gasteiger partial charge in [0.1, 0.15) is 5.82 Å². The van der Waals surface area contributed by atoms with Crippen molar-refractivity contribution < 1.29 is 14.0 Å². The van der Waals surface area contributed by atoms with Crippen LogP contribution < -0.4 is 5.90 Å². The van der Waals surface area contributed by atoms with Gasteiger partial charge in [0.2, 0.25) is 0 Å². The minimum absolute atomic E-state index is 0.124. The van der Waals surface area contributed by atoms with Gasteiger partial charge in [-0.15, -0.1) is 0 Å². The Morgan fingerprint density at radius 2 is 2.35 bits per heavy atom. The lowest BCUT2D eigenvalue weighted by Gasteiger charge is -2.31. The van der Waals surface area contributed by atoms with Crippen LogP contribution in [0.1, 0.15) is 23.2 Å². The molecule has 1 fully saturated rings. The number of carbonyl (C=O) groups excluding carboxylic acids is 1. The molecule has 2 N–H and O–H groups in total. The van der Waals surface area contributed by atoms with Crippen molar-refractivity contribution >= 4 is 5.91 Å². The molecule has 0 radical (unpaired) electrons. The van der Waals surface area contributed by atoms with E-state index >= 15 is 0 Å². The second kappa shape index (κ2) is 5.25. The van der Waals surface area contributed by atoms with Gasteiger partial charge >= 0.3 is 0 Å². The van der Waals surface area contributed by atoms with E-state index in [1.54, 1.807) is 11.0 Å². The van der Waals surface area contributed by atoms with Crippen LogP contribution in [0.3, 0.4) is 0 Å². The Kier molecular flexibility index (Phi) is 3.71. The van der Waals surface area contributed by atoms with Crippen LogP contribution in [-0.2, 0) is 4.84 Å². The summed E-state index contributed by atoms with van der Waals surface area (Å²) in [6.45, 7) is 1.13. The molecule has 5 heteroatoms. The number of nitrogens with two attached hydrogens (primary N) is 1. The molecule has 1 unspecified atom stereocenters. The van der Waals surface area contributed by atoms with E-state index < -0.39 is 5.82 Å². The zero-order valence-electron chi connectivity index (χ0n) is 9.43. The van der Waals surface area contributed by atoms with Crippen LogP contribution in [-0.4, -0.2) is 30.0 Å². The van der Waals surface area contributed by atoms with Crippen LogP contribution >= 0.6 is 0 Å². The van der Waals surface area contributed by atoms with Gasteiger partial charge in [0.25, 0.3) is 5.91 Å². The molecule has 1 aliphatic heterocycles. The molecule has 2 rings (SSSR count). The first-order chi connectivity index (χ1) is 8.20. The number of carbonyl (C=O) groups is 1. The third-order valence-corrected chi connectivity index (χ3v) is 2.93. The number of amides is 1. The first-order valence-electron chi connectivity index (χ1n) is 5.61. The van der Waals surface area contributed by atoms with Crippen LogP contribution in [0.25, 0.3) is 0 Å². The molecule has 1 aliphatic rings. The standard InChI is InChI=1S/C12H15FN2O2/c13-10-4-1-3-9(7-10)12(16)15-6-2-5-11(8-15)17-14/h1,3-4,7,11H,2,5-6,8,14H2. The Balaban J connectivity index is 2.09. The van der Waals surface area contributed by atoms with Crippen molar-refractivity contribution in [3.63, 3.8) is 0 Å². The first-order valence-corrected chi connectivity index (χ1v) is 5.61. The normalized spacial score (nSPS) is 20.4. The summed E-state index contributed by atoms with van der Waals surface area (Å²) >= 11 is 0. The van der Waals surface area contributed by atoms with Crippen molar-refractivity contribution in [2.75, 3.05) is 13.1 Å². The monoisotopic (exact) mass is 238 g/mol. The van der Waals surface area contributed by atoms with Gasteiger partial charge in [0.15, 0.2) is 0 Å². The topological polar surface area (TPSA) is 55.6 Å². The van der Waals surface area contributed by atoms with E-state index in [0.29, 0.717) is 18.7 Å². The maximum Gasteiger partial charge on any atom is 0.254 e. The lowest BCUT2D eigenvalue weighted by Crippen LogP contribution is -2.44. The molecule has 92 valence electrons. The Hall–Kier alpha value is -1.46. The molecular formula is C12H15FN2O2. The highest BCUT2D eigenvalue weighted by atomic mass is 19.1. The Bertz CT molecular complexity index is 411. The zero-order valence-corrected chi connectivity index (χ0v) is 9.43. The molecule has 0 aliphatic carbocycles. The molecule has 0 bridgehead atoms. The molecule has 1 atom stereocenters. The number of hydrogen-bond acceptors (Lipinski definition) is 3. The maximum absolute atomic E-state index is 13.0. The fourth-order valence-electron chi connectivity index (χ4n) is 2.04. The van der Waals surface area contributed by atoms with Crippen LogP contribution in [0, 0.1) is 5.82 Å². The number of piperidine rings is 1. The van der Waals surface area contributed by atoms with Crippen molar-refractivity contribution in [3.05, 3.63) is 35.6 Å². The number of likely N-dealkylation sites (tertiary alicyclic amines) is 1. The van der Waals surface area contributed by atoms with Crippen molar-refractivity contribution in [3.8, 4) is 0 Å². The highest BCUT2D eigenvalue weighted by Gasteiger charge is 2.24. The number of rotatable bonds is 2. The summed E-state index contributed by atoms with van der Waals surface area (Å²) in [5.41, 5.74) is 0.364. The van der Waals surface area contributed by atoms with Gasteiger partial charge in [-0.05, 0) is 31.0 Å². The van der Waals surface area contributed by atoms with Crippen molar-refractivity contribution in [2.45, 2.75) is 18.9 Å². The smallest absolute Gasteiger partial charge is 0.254 e. The second-order valence-electron chi connectivity index (χ2n) is 4.16. The summed E-state index contributed by atoms with van der Waals surface area (Å²) in [5, 5.41) is 0. The minimum Gasteiger partial charge on any atom is -0.336 e. The van der Waals surface area contributed by atoms with E-state index in [2.05, 4.69) is 0 Å². The molecule has 0 aromatic heterocycles. The minimum atomic E-state index is -0.403. The van der Waals surface area contributed by atoms with E-state index in [9.17, 15) is 9.18 Å². The predicted molar refractivity (Wildman–Crippen MR) is 60.6 cm³/mol. The third kappa shape index (κ3) is 2.81. The van der Waals surface area contributed by atoms with Gasteiger partial charge in [0, 0.05) is 18.7 Å². The van der Waals surface area contributed by atoms with Gasteiger partial charge in [0.05, 0.1) is 6.10 Å². The fraction of sp³-hybridized carbons (Fsp3) is 0.417. The molecule has 0 spiro atoms. The Morgan fingerprint density at radius 1 is 1.53 bits per heavy atom. The summed E-state index contributed by atoms with van der Waals surface area (Å²) in [6, 6.07) is 5.70. The molecule has 17 heavy (non-hydrogen) atoms. The summed E-state index contributed by atoms with van der Waals surface area (Å²) in [5.74, 6) is 4.55. The SMILES string of the molecule is NOC1CCCN(C(=O)c2cccc(F)c2)C1. The molecule has 1 aromatic rings. The van der Waals surface area contributed by atoms with E-state index in [1.165, 1.54) is 18.2 Å². The summed E-state index contributed by atoms with van der Waals surface area (Å²) in [6.07, 6.45) is 1.58. The zero-order chi connectivity index (χ0) is 12.3. The fourth-order valence-corrected chi connectivity index (χ4v) is 2.04. The van der Waals surface area contributed by atoms with Crippen LogP contribution in [0.4, 0.5) is 4.39 Å². The van der Waals surface area contributed by atoms with E-state index in [-0.39, 0.29) is 12.0 Å². The maximum atomic E-state index is 13.0. The van der Waals surface area contributed by atoms with Gasteiger partial charge < -0.3 is 4.90 Å². The van der Waals surface area contributed by atoms with Crippen molar-refractivity contribution in [1.29, 1.82) is 0 Å². The molecule has 0 saturated carbocycles. The van der Waals surface area contributed by atoms with Gasteiger partial charge in [-0.1, -0.05) is 6.07 Å². The molecule has 1 aromatic carbocycles. The molecule has 4 nitrogen and oxygen atoms in total. The third-order valence-electron chi connectivity index (χ3n) is 2.93. The molecular weight excluding hydrogens is 223 g/mol. The quantitative estimate of drug-likeness (QED) is 0.791. The van der Waals surface area contributed by atoms with Gasteiger partial charge in [-0.2, -0.15) is 0 Å². The predicted octanol–water partition coefficient (Wildman–Crippen LogP) is 1.32. The largest absolute Gasteiger partial charge is 0.336 e. The summed E-state index contributed by atoms with van der Waals surface area (Å²) in [7, 11) is 0. The van der Waals surface area contributed by atoms with E-state index in [1.807, 2.05) is 0 Å². The number of nitrogens with zero attached hydrogens (tertiary/aromatic N) is 1. The lowest BCUT2D eigenvalue weighted by atomic mass is 10.1. The highest BCUT2D eigenvalue weighted by molar-refractivity contribution is 5.94. The second-order valence-corrected chi connectivity index (χ2v) is 4.16. The molecule has 1 saturated heterocycles. The first kappa shape index (κ1) is 12.0. The molecule has 1 heterocycles. The van der Waals surface area contributed by atoms with Gasteiger partial charge in [-0.25, -0.2) is 10.3 Å². The highest BCUT2D eigenvalue weighted by Crippen LogP contribution is 2.15. The van der Waals surface area contributed by atoms with Crippen LogP contribution in [0.2, 0.25) is 0 Å². The van der Waals surface area contributed by atoms with Crippen molar-refractivity contribution in [1.82, 2.24) is 4.90 Å². The summed E-state index contributed by atoms with van der Waals surface area (Å²) in [4.78, 5) is 18.5. The Morgan fingerprint density at radius 3 is 3.06 bits per heavy atom. The lowest BCUT2D eigenvalue weighted by molar-refractivity contribution is 0.000953. The number of hydrogen-bond donors (Lipinski definition) is 1. The van der Waals surface area contributed by atoms with Crippen LogP contribution in [0.15, 0.2) is 24.3 Å².